The Balaban J connectivity index is 2.08. The summed E-state index contributed by atoms with van der Waals surface area (Å²) in [5.74, 6) is 1.12. The van der Waals surface area contributed by atoms with Gasteiger partial charge in [0.05, 0.1) is 12.6 Å². The zero-order valence-corrected chi connectivity index (χ0v) is 13.2. The van der Waals surface area contributed by atoms with Gasteiger partial charge in [-0.2, -0.15) is 0 Å². The van der Waals surface area contributed by atoms with Crippen LogP contribution in [-0.2, 0) is 0 Å². The van der Waals surface area contributed by atoms with E-state index in [9.17, 15) is 4.79 Å². The smallest absolute Gasteiger partial charge is 0.253 e. The van der Waals surface area contributed by atoms with Gasteiger partial charge in [-0.15, -0.1) is 0 Å². The zero-order valence-electron chi connectivity index (χ0n) is 12.5. The van der Waals surface area contributed by atoms with Crippen LogP contribution in [0.3, 0.4) is 0 Å². The van der Waals surface area contributed by atoms with Gasteiger partial charge in [-0.05, 0) is 49.4 Å². The van der Waals surface area contributed by atoms with E-state index in [0.29, 0.717) is 22.1 Å². The lowest BCUT2D eigenvalue weighted by molar-refractivity contribution is 0.0682. The zero-order chi connectivity index (χ0) is 16.1. The largest absolute Gasteiger partial charge is 0.457 e. The average Bonchev–Trinajstić information content (AvgIpc) is 2.53. The number of hydrogen-bond acceptors (Lipinski definition) is 3. The van der Waals surface area contributed by atoms with Gasteiger partial charge < -0.3 is 14.7 Å². The first-order valence-electron chi connectivity index (χ1n) is 6.92. The van der Waals surface area contributed by atoms with Crippen LogP contribution in [0.15, 0.2) is 48.5 Å². The lowest BCUT2D eigenvalue weighted by Gasteiger charge is -2.23. The predicted octanol–water partition coefficient (Wildman–Crippen LogP) is 3.59. The summed E-state index contributed by atoms with van der Waals surface area (Å²) in [5.41, 5.74) is 0.543. The average molecular weight is 320 g/mol. The van der Waals surface area contributed by atoms with E-state index in [1.165, 1.54) is 4.90 Å². The Hall–Kier alpha value is -2.04. The maximum atomic E-state index is 12.2. The van der Waals surface area contributed by atoms with Crippen molar-refractivity contribution in [1.29, 1.82) is 0 Å². The fourth-order valence-electron chi connectivity index (χ4n) is 1.86. The van der Waals surface area contributed by atoms with Crippen LogP contribution in [0.25, 0.3) is 0 Å². The van der Waals surface area contributed by atoms with Crippen LogP contribution < -0.4 is 4.74 Å². The van der Waals surface area contributed by atoms with Gasteiger partial charge >= 0.3 is 0 Å². The van der Waals surface area contributed by atoms with Gasteiger partial charge in [0.15, 0.2) is 0 Å². The van der Waals surface area contributed by atoms with E-state index in [1.807, 2.05) is 6.07 Å². The summed E-state index contributed by atoms with van der Waals surface area (Å²) in [4.78, 5) is 13.7. The highest BCUT2D eigenvalue weighted by Crippen LogP contribution is 2.24. The molecule has 4 nitrogen and oxygen atoms in total. The molecule has 0 aliphatic rings. The number of halogens is 1. The Morgan fingerprint density at radius 2 is 1.91 bits per heavy atom. The molecule has 0 heterocycles. The maximum absolute atomic E-state index is 12.2. The molecule has 2 rings (SSSR count). The van der Waals surface area contributed by atoms with Gasteiger partial charge in [0.2, 0.25) is 0 Å². The number of benzene rings is 2. The molecule has 0 fully saturated rings. The summed E-state index contributed by atoms with van der Waals surface area (Å²) < 4.78 is 5.67. The summed E-state index contributed by atoms with van der Waals surface area (Å²) >= 11 is 5.91. The van der Waals surface area contributed by atoms with Crippen LogP contribution in [0.4, 0.5) is 0 Å². The molecule has 0 spiro atoms. The molecule has 0 saturated heterocycles. The molecule has 1 atom stereocenters. The number of likely N-dealkylation sites (N-methyl/N-ethyl adjacent to an activating group) is 1. The second-order valence-corrected chi connectivity index (χ2v) is 5.47. The van der Waals surface area contributed by atoms with Gasteiger partial charge in [0, 0.05) is 17.6 Å². The number of hydrogen-bond donors (Lipinski definition) is 1. The summed E-state index contributed by atoms with van der Waals surface area (Å²) in [6.45, 7) is 1.72. The molecular formula is C17H18ClNO3. The number of carbonyl (C=O) groups excluding carboxylic acids is 1. The molecule has 2 aromatic carbocycles. The second-order valence-electron chi connectivity index (χ2n) is 5.03. The van der Waals surface area contributed by atoms with Crippen LogP contribution in [-0.4, -0.2) is 35.6 Å². The predicted molar refractivity (Wildman–Crippen MR) is 86.6 cm³/mol. The highest BCUT2D eigenvalue weighted by atomic mass is 35.5. The van der Waals surface area contributed by atoms with E-state index in [1.54, 1.807) is 56.4 Å². The summed E-state index contributed by atoms with van der Waals surface area (Å²) in [7, 11) is 1.67. The first-order chi connectivity index (χ1) is 10.5. The van der Waals surface area contributed by atoms with Gasteiger partial charge in [-0.25, -0.2) is 0 Å². The molecule has 116 valence electrons. The Morgan fingerprint density at radius 3 is 2.50 bits per heavy atom. The number of amides is 1. The molecule has 0 aliphatic carbocycles. The molecule has 0 radical (unpaired) electrons. The number of ether oxygens (including phenoxy) is 1. The highest BCUT2D eigenvalue weighted by Gasteiger charge is 2.16. The van der Waals surface area contributed by atoms with E-state index in [4.69, 9.17) is 21.4 Å². The van der Waals surface area contributed by atoms with Gasteiger partial charge in [-0.3, -0.25) is 4.79 Å². The molecule has 0 aliphatic heterocycles. The number of aliphatic hydroxyl groups excluding tert-OH is 1. The minimum atomic E-state index is -0.227. The monoisotopic (exact) mass is 319 g/mol. The Kier molecular flexibility index (Phi) is 5.41. The van der Waals surface area contributed by atoms with Crippen molar-refractivity contribution in [3.8, 4) is 11.5 Å². The Morgan fingerprint density at radius 1 is 1.23 bits per heavy atom. The third-order valence-corrected chi connectivity index (χ3v) is 3.61. The van der Waals surface area contributed by atoms with Crippen LogP contribution >= 0.6 is 11.6 Å². The Labute approximate surface area is 134 Å². The molecular weight excluding hydrogens is 302 g/mol. The van der Waals surface area contributed by atoms with Crippen molar-refractivity contribution in [2.75, 3.05) is 13.7 Å². The molecule has 5 heteroatoms. The third-order valence-electron chi connectivity index (χ3n) is 3.38. The second kappa shape index (κ2) is 7.29. The number of aliphatic hydroxyl groups is 1. The molecule has 22 heavy (non-hydrogen) atoms. The van der Waals surface area contributed by atoms with Gasteiger partial charge in [0.25, 0.3) is 5.91 Å². The summed E-state index contributed by atoms with van der Waals surface area (Å²) in [5, 5.41) is 9.71. The van der Waals surface area contributed by atoms with Crippen molar-refractivity contribution in [3.05, 3.63) is 59.1 Å². The van der Waals surface area contributed by atoms with Crippen molar-refractivity contribution in [2.24, 2.45) is 0 Å². The van der Waals surface area contributed by atoms with Crippen molar-refractivity contribution >= 4 is 17.5 Å². The fourth-order valence-corrected chi connectivity index (χ4v) is 2.04. The van der Waals surface area contributed by atoms with Crippen LogP contribution in [0.5, 0.6) is 11.5 Å². The lowest BCUT2D eigenvalue weighted by Crippen LogP contribution is -2.37. The van der Waals surface area contributed by atoms with E-state index in [0.717, 1.165) is 0 Å². The number of rotatable bonds is 5. The molecule has 2 aromatic rings. The van der Waals surface area contributed by atoms with Crippen LogP contribution in [0.2, 0.25) is 5.02 Å². The first-order valence-corrected chi connectivity index (χ1v) is 7.30. The number of carbonyl (C=O) groups is 1. The van der Waals surface area contributed by atoms with E-state index >= 15 is 0 Å². The van der Waals surface area contributed by atoms with Crippen molar-refractivity contribution in [3.63, 3.8) is 0 Å². The van der Waals surface area contributed by atoms with E-state index in [-0.39, 0.29) is 18.6 Å². The van der Waals surface area contributed by atoms with E-state index < -0.39 is 0 Å². The molecule has 1 unspecified atom stereocenters. The highest BCUT2D eigenvalue weighted by molar-refractivity contribution is 6.30. The summed E-state index contributed by atoms with van der Waals surface area (Å²) in [6.07, 6.45) is 0. The third kappa shape index (κ3) is 4.00. The minimum Gasteiger partial charge on any atom is -0.457 e. The quantitative estimate of drug-likeness (QED) is 0.916. The molecule has 0 saturated carbocycles. The van der Waals surface area contributed by atoms with E-state index in [2.05, 4.69) is 0 Å². The normalized spacial score (nSPS) is 11.8. The van der Waals surface area contributed by atoms with Gasteiger partial charge in [0.1, 0.15) is 11.5 Å². The summed E-state index contributed by atoms with van der Waals surface area (Å²) in [6, 6.07) is 13.7. The molecule has 0 bridgehead atoms. The molecule has 1 amide bonds. The topological polar surface area (TPSA) is 49.8 Å². The van der Waals surface area contributed by atoms with Gasteiger partial charge in [-0.1, -0.05) is 17.7 Å². The van der Waals surface area contributed by atoms with Crippen molar-refractivity contribution in [2.45, 2.75) is 13.0 Å². The number of nitrogens with zero attached hydrogens (tertiary/aromatic N) is 1. The standard InChI is InChI=1S/C17H18ClNO3/c1-12(11-20)19(2)17(21)13-6-8-15(9-7-13)22-16-5-3-4-14(18)10-16/h3-10,12,20H,11H2,1-2H3. The maximum Gasteiger partial charge on any atom is 0.253 e. The fraction of sp³-hybridized carbons (Fsp3) is 0.235. The molecule has 1 N–H and O–H groups in total. The van der Waals surface area contributed by atoms with Crippen LogP contribution in [0.1, 0.15) is 17.3 Å². The SMILES string of the molecule is CC(CO)N(C)C(=O)c1ccc(Oc2cccc(Cl)c2)cc1. The Bertz CT molecular complexity index is 643. The minimum absolute atomic E-state index is 0.0712. The van der Waals surface area contributed by atoms with Crippen molar-refractivity contribution in [1.82, 2.24) is 4.90 Å². The van der Waals surface area contributed by atoms with Crippen molar-refractivity contribution < 1.29 is 14.6 Å². The molecule has 0 aromatic heterocycles. The van der Waals surface area contributed by atoms with Crippen LogP contribution in [0, 0.1) is 0 Å². The first kappa shape index (κ1) is 16.3. The lowest BCUT2D eigenvalue weighted by atomic mass is 10.1.